The minimum Gasteiger partial charge on any atom is -0.329 e. The summed E-state index contributed by atoms with van der Waals surface area (Å²) in [5, 5.41) is 7.51. The molecular formula is C6H11ClN4. The molecule has 1 rings (SSSR count). The predicted molar refractivity (Wildman–Crippen MR) is 43.3 cm³/mol. The van der Waals surface area contributed by atoms with Gasteiger partial charge in [0.2, 0.25) is 0 Å². The van der Waals surface area contributed by atoms with Crippen molar-refractivity contribution >= 4 is 11.6 Å². The molecule has 11 heavy (non-hydrogen) atoms. The normalized spacial score (nSPS) is 13.4. The molecule has 0 bridgehead atoms. The molecule has 0 aliphatic heterocycles. The van der Waals surface area contributed by atoms with E-state index in [0.29, 0.717) is 13.1 Å². The van der Waals surface area contributed by atoms with Crippen molar-refractivity contribution in [2.75, 3.05) is 6.54 Å². The summed E-state index contributed by atoms with van der Waals surface area (Å²) in [5.41, 5.74) is 6.27. The van der Waals surface area contributed by atoms with Crippen LogP contribution in [0.5, 0.6) is 0 Å². The molecule has 0 radical (unpaired) electrons. The third-order valence-corrected chi connectivity index (χ3v) is 1.62. The maximum absolute atomic E-state index is 5.84. The molecule has 0 fully saturated rings. The smallest absolute Gasteiger partial charge is 0.0763 e. The molecule has 1 atom stereocenters. The van der Waals surface area contributed by atoms with Crippen LogP contribution in [0.1, 0.15) is 18.0 Å². The molecule has 62 valence electrons. The van der Waals surface area contributed by atoms with Crippen molar-refractivity contribution in [2.24, 2.45) is 5.73 Å². The van der Waals surface area contributed by atoms with Crippen molar-refractivity contribution in [1.82, 2.24) is 15.0 Å². The number of hydrogen-bond acceptors (Lipinski definition) is 3. The Hall–Kier alpha value is -0.610. The van der Waals surface area contributed by atoms with Gasteiger partial charge in [-0.05, 0) is 6.92 Å². The van der Waals surface area contributed by atoms with Gasteiger partial charge in [-0.25, -0.2) is 4.68 Å². The number of nitrogens with zero attached hydrogens (tertiary/aromatic N) is 3. The first kappa shape index (κ1) is 8.49. The summed E-state index contributed by atoms with van der Waals surface area (Å²) in [6, 6.07) is 0. The molecule has 1 unspecified atom stereocenters. The largest absolute Gasteiger partial charge is 0.329 e. The Morgan fingerprint density at radius 2 is 2.55 bits per heavy atom. The zero-order valence-electron chi connectivity index (χ0n) is 6.37. The fourth-order valence-corrected chi connectivity index (χ4v) is 1.04. The highest BCUT2D eigenvalue weighted by molar-refractivity contribution is 6.20. The van der Waals surface area contributed by atoms with Crippen LogP contribution in [0.2, 0.25) is 0 Å². The molecule has 1 aromatic heterocycles. The molecule has 0 aliphatic carbocycles. The van der Waals surface area contributed by atoms with Crippen LogP contribution in [0.15, 0.2) is 6.20 Å². The van der Waals surface area contributed by atoms with Gasteiger partial charge in [0.15, 0.2) is 0 Å². The first-order chi connectivity index (χ1) is 5.25. The minimum absolute atomic E-state index is 0.0588. The lowest BCUT2D eigenvalue weighted by atomic mass is 10.3. The lowest BCUT2D eigenvalue weighted by Gasteiger charge is -2.04. The standard InChI is InChI=1S/C6H11ClN4/c1-5(7)6-4-9-10-11(6)3-2-8/h4-5H,2-3,8H2,1H3. The zero-order valence-corrected chi connectivity index (χ0v) is 7.12. The van der Waals surface area contributed by atoms with Gasteiger partial charge in [-0.15, -0.1) is 16.7 Å². The van der Waals surface area contributed by atoms with Crippen LogP contribution in [-0.4, -0.2) is 21.5 Å². The number of alkyl halides is 1. The van der Waals surface area contributed by atoms with Gasteiger partial charge < -0.3 is 5.73 Å². The van der Waals surface area contributed by atoms with Gasteiger partial charge >= 0.3 is 0 Å². The van der Waals surface area contributed by atoms with Crippen LogP contribution < -0.4 is 5.73 Å². The molecule has 0 saturated carbocycles. The summed E-state index contributed by atoms with van der Waals surface area (Å²) >= 11 is 5.84. The van der Waals surface area contributed by atoms with E-state index in [9.17, 15) is 0 Å². The Kier molecular flexibility index (Phi) is 2.84. The molecule has 0 spiro atoms. The van der Waals surface area contributed by atoms with Crippen LogP contribution >= 0.6 is 11.6 Å². The van der Waals surface area contributed by atoms with Gasteiger partial charge in [0, 0.05) is 6.54 Å². The van der Waals surface area contributed by atoms with Gasteiger partial charge in [0.05, 0.1) is 23.8 Å². The van der Waals surface area contributed by atoms with Crippen molar-refractivity contribution in [3.05, 3.63) is 11.9 Å². The average molecular weight is 175 g/mol. The number of hydrogen-bond donors (Lipinski definition) is 1. The molecule has 0 amide bonds. The summed E-state index contributed by atoms with van der Waals surface area (Å²) in [7, 11) is 0. The van der Waals surface area contributed by atoms with Crippen LogP contribution in [0.4, 0.5) is 0 Å². The number of nitrogens with two attached hydrogens (primary N) is 1. The Morgan fingerprint density at radius 1 is 1.82 bits per heavy atom. The van der Waals surface area contributed by atoms with Crippen molar-refractivity contribution in [3.8, 4) is 0 Å². The predicted octanol–water partition coefficient (Wildman–Crippen LogP) is 0.537. The summed E-state index contributed by atoms with van der Waals surface area (Å²) in [6.07, 6.45) is 1.66. The minimum atomic E-state index is -0.0588. The topological polar surface area (TPSA) is 56.7 Å². The molecule has 1 heterocycles. The van der Waals surface area contributed by atoms with E-state index in [2.05, 4.69) is 10.3 Å². The maximum atomic E-state index is 5.84. The van der Waals surface area contributed by atoms with E-state index in [-0.39, 0.29) is 5.38 Å². The van der Waals surface area contributed by atoms with E-state index >= 15 is 0 Å². The Bertz CT molecular complexity index is 220. The number of rotatable bonds is 3. The van der Waals surface area contributed by atoms with Crippen molar-refractivity contribution in [2.45, 2.75) is 18.8 Å². The molecule has 2 N–H and O–H groups in total. The van der Waals surface area contributed by atoms with E-state index < -0.39 is 0 Å². The van der Waals surface area contributed by atoms with Gasteiger partial charge in [0.1, 0.15) is 0 Å². The summed E-state index contributed by atoms with van der Waals surface area (Å²) in [5.74, 6) is 0. The molecule has 0 aliphatic rings. The Balaban J connectivity index is 2.78. The fraction of sp³-hybridized carbons (Fsp3) is 0.667. The zero-order chi connectivity index (χ0) is 8.27. The lowest BCUT2D eigenvalue weighted by Crippen LogP contribution is -2.13. The average Bonchev–Trinajstić information content (AvgIpc) is 2.36. The molecule has 0 saturated heterocycles. The SMILES string of the molecule is CC(Cl)c1cnnn1CCN. The van der Waals surface area contributed by atoms with Gasteiger partial charge in [-0.1, -0.05) is 5.21 Å². The van der Waals surface area contributed by atoms with Crippen LogP contribution in [0.25, 0.3) is 0 Å². The van der Waals surface area contributed by atoms with Crippen molar-refractivity contribution in [3.63, 3.8) is 0 Å². The molecule has 1 aromatic rings. The highest BCUT2D eigenvalue weighted by Crippen LogP contribution is 2.16. The molecule has 0 aromatic carbocycles. The quantitative estimate of drug-likeness (QED) is 0.681. The van der Waals surface area contributed by atoms with E-state index in [1.807, 2.05) is 6.92 Å². The number of halogens is 1. The van der Waals surface area contributed by atoms with Gasteiger partial charge in [0.25, 0.3) is 0 Å². The number of aromatic nitrogens is 3. The summed E-state index contributed by atoms with van der Waals surface area (Å²) in [4.78, 5) is 0. The summed E-state index contributed by atoms with van der Waals surface area (Å²) in [6.45, 7) is 3.11. The second-order valence-corrected chi connectivity index (χ2v) is 2.94. The van der Waals surface area contributed by atoms with Crippen LogP contribution in [0.3, 0.4) is 0 Å². The van der Waals surface area contributed by atoms with E-state index in [0.717, 1.165) is 5.69 Å². The van der Waals surface area contributed by atoms with Crippen molar-refractivity contribution < 1.29 is 0 Å². The highest BCUT2D eigenvalue weighted by atomic mass is 35.5. The first-order valence-corrected chi connectivity index (χ1v) is 3.92. The Labute approximate surface area is 70.3 Å². The molecule has 5 heteroatoms. The first-order valence-electron chi connectivity index (χ1n) is 3.48. The maximum Gasteiger partial charge on any atom is 0.0763 e. The Morgan fingerprint density at radius 3 is 3.09 bits per heavy atom. The monoisotopic (exact) mass is 174 g/mol. The highest BCUT2D eigenvalue weighted by Gasteiger charge is 2.07. The fourth-order valence-electron chi connectivity index (χ4n) is 0.870. The molecular weight excluding hydrogens is 164 g/mol. The van der Waals surface area contributed by atoms with E-state index in [1.54, 1.807) is 10.9 Å². The van der Waals surface area contributed by atoms with Gasteiger partial charge in [-0.3, -0.25) is 0 Å². The third kappa shape index (κ3) is 1.91. The van der Waals surface area contributed by atoms with Crippen molar-refractivity contribution in [1.29, 1.82) is 0 Å². The van der Waals surface area contributed by atoms with E-state index in [1.165, 1.54) is 0 Å². The second kappa shape index (κ2) is 3.69. The molecule has 4 nitrogen and oxygen atoms in total. The second-order valence-electron chi connectivity index (χ2n) is 2.29. The lowest BCUT2D eigenvalue weighted by molar-refractivity contribution is 0.573. The summed E-state index contributed by atoms with van der Waals surface area (Å²) < 4.78 is 1.72. The van der Waals surface area contributed by atoms with Crippen LogP contribution in [0, 0.1) is 0 Å². The van der Waals surface area contributed by atoms with E-state index in [4.69, 9.17) is 17.3 Å². The van der Waals surface area contributed by atoms with Crippen LogP contribution in [-0.2, 0) is 6.54 Å². The van der Waals surface area contributed by atoms with Gasteiger partial charge in [-0.2, -0.15) is 0 Å². The third-order valence-electron chi connectivity index (χ3n) is 1.40.